The van der Waals surface area contributed by atoms with Crippen LogP contribution >= 0.6 is 0 Å². The Hall–Kier alpha value is -6.20. The zero-order valence-electron chi connectivity index (χ0n) is 77.5. The topological polar surface area (TPSA) is 500 Å². The minimum absolute atomic E-state index is 0.00305. The highest BCUT2D eigenvalue weighted by molar-refractivity contribution is 6.14. The van der Waals surface area contributed by atoms with Crippen molar-refractivity contribution >= 4 is 53.1 Å². The lowest BCUT2D eigenvalue weighted by Gasteiger charge is -2.39. The van der Waals surface area contributed by atoms with Crippen LogP contribution in [0.3, 0.4) is 0 Å². The Balaban J connectivity index is 1.07. The molecular formula is C87H151N5O38. The van der Waals surface area contributed by atoms with Crippen LogP contribution in [-0.2, 0) is 175 Å². The molecule has 1 unspecified atom stereocenters. The molecule has 0 spiro atoms. The highest BCUT2D eigenvalue weighted by atomic mass is 16.6. The van der Waals surface area contributed by atoms with Gasteiger partial charge in [0.2, 0.25) is 23.6 Å². The number of imide groups is 1. The SMILES string of the molecule is CCC(C)(C)C(=O)OCc1ccc(NC(=O)[C@H](C)NC(=O)C(NC(=O)CCN(CCOCCOCCOCCOCCOCCOCCOCCOCCOCCOCCOCCOCCOCCOCCOCCOCCOCCOCCOCCOCCOCCOCCOCCOC)C(=O)CN2C(=O)C=CC2=O)C(C)C)cc1CC[C@@H]1O[C@H](C(=O)O)[C@@H](O)[C@H](O)[C@H]1O. The molecule has 1 fully saturated rings. The molecule has 2 aliphatic heterocycles. The van der Waals surface area contributed by atoms with Crippen LogP contribution in [-0.4, -0.2) is 457 Å². The Morgan fingerprint density at radius 1 is 0.438 bits per heavy atom. The van der Waals surface area contributed by atoms with E-state index in [2.05, 4.69) is 16.0 Å². The molecule has 7 N–H and O–H groups in total. The van der Waals surface area contributed by atoms with Crippen LogP contribution in [0.5, 0.6) is 0 Å². The van der Waals surface area contributed by atoms with Crippen molar-refractivity contribution in [2.45, 2.75) is 116 Å². The zero-order valence-corrected chi connectivity index (χ0v) is 77.5. The van der Waals surface area contributed by atoms with Gasteiger partial charge in [-0.1, -0.05) is 26.8 Å². The number of esters is 1. The fourth-order valence-corrected chi connectivity index (χ4v) is 11.3. The van der Waals surface area contributed by atoms with Gasteiger partial charge in [0.05, 0.1) is 322 Å². The summed E-state index contributed by atoms with van der Waals surface area (Å²) in [5, 5.41) is 49.0. The molecule has 1 saturated heterocycles. The summed E-state index contributed by atoms with van der Waals surface area (Å²) in [4.78, 5) is 106. The number of amides is 6. The van der Waals surface area contributed by atoms with E-state index in [0.717, 1.165) is 17.1 Å². The van der Waals surface area contributed by atoms with Gasteiger partial charge in [0.25, 0.3) is 11.8 Å². The number of benzene rings is 1. The summed E-state index contributed by atoms with van der Waals surface area (Å²) in [5.41, 5.74) is 0.453. The number of rotatable bonds is 91. The van der Waals surface area contributed by atoms with E-state index in [1.165, 1.54) is 11.8 Å². The molecule has 1 aromatic carbocycles. The molecule has 0 aliphatic carbocycles. The second kappa shape index (κ2) is 79.1. The van der Waals surface area contributed by atoms with E-state index in [4.69, 9.17) is 123 Å². The van der Waals surface area contributed by atoms with Crippen LogP contribution in [0.15, 0.2) is 30.4 Å². The Morgan fingerprint density at radius 2 is 0.769 bits per heavy atom. The van der Waals surface area contributed by atoms with Crippen LogP contribution in [0.4, 0.5) is 5.69 Å². The van der Waals surface area contributed by atoms with Crippen molar-refractivity contribution in [2.75, 3.05) is 343 Å². The second-order valence-electron chi connectivity index (χ2n) is 30.1. The van der Waals surface area contributed by atoms with E-state index < -0.39 is 108 Å². The number of ether oxygens (including phenoxy) is 26. The molecule has 752 valence electrons. The summed E-state index contributed by atoms with van der Waals surface area (Å²) < 4.78 is 143. The standard InChI is InChI=1S/C87H151N5O38/c1-8-87(5,6)86(104)129-67-71-9-11-72(65-70(71)10-12-73-79(97)80(98)81(99)82(130-73)85(102)103)89-83(100)69(4)88-84(101)78(68(2)3)90-74(93)15-16-91(77(96)66-92-75(94)13-14-76(92)95)17-18-106-21-22-108-25-26-110-29-30-112-33-34-114-37-38-116-41-42-118-45-46-120-49-50-122-53-54-124-57-58-126-61-62-128-64-63-127-60-59-125-56-55-123-52-51-121-48-47-119-44-43-117-40-39-115-36-35-113-32-31-111-28-27-109-24-23-107-20-19-105-7/h9,11,13-14,65,68-69,73,78-82,97-99H,8,10,12,15-64,66-67H2,1-7H3,(H,88,101)(H,89,100)(H,90,93)(H,102,103)/t69-,73-,78?,79-,80+,81-,82-/m0/s1. The zero-order chi connectivity index (χ0) is 94.6. The van der Waals surface area contributed by atoms with Crippen LogP contribution < -0.4 is 16.0 Å². The average Bonchev–Trinajstić information content (AvgIpc) is 1.73. The third-order valence-electron chi connectivity index (χ3n) is 19.2. The third-order valence-corrected chi connectivity index (χ3v) is 19.2. The highest BCUT2D eigenvalue weighted by Gasteiger charge is 2.47. The molecule has 0 bridgehead atoms. The first-order valence-corrected chi connectivity index (χ1v) is 44.8. The molecule has 6 amide bonds. The second-order valence-corrected chi connectivity index (χ2v) is 30.1. The molecule has 130 heavy (non-hydrogen) atoms. The van der Waals surface area contributed by atoms with Gasteiger partial charge in [0, 0.05) is 44.5 Å². The number of carbonyl (C=O) groups is 8. The number of aliphatic hydroxyl groups excluding tert-OH is 3. The summed E-state index contributed by atoms with van der Waals surface area (Å²) in [7, 11) is 1.64. The molecule has 2 heterocycles. The van der Waals surface area contributed by atoms with Gasteiger partial charge in [-0.2, -0.15) is 0 Å². The van der Waals surface area contributed by atoms with E-state index in [1.807, 2.05) is 6.92 Å². The molecule has 0 aromatic heterocycles. The molecule has 0 saturated carbocycles. The van der Waals surface area contributed by atoms with Gasteiger partial charge in [-0.25, -0.2) is 4.79 Å². The van der Waals surface area contributed by atoms with E-state index in [-0.39, 0.29) is 71.1 Å². The summed E-state index contributed by atoms with van der Waals surface area (Å²) in [5.74, 6) is -6.45. The number of carboxylic acid groups (broad SMARTS) is 1. The number of aliphatic carboxylic acids is 1. The van der Waals surface area contributed by atoms with Crippen LogP contribution in [0.25, 0.3) is 0 Å². The summed E-state index contributed by atoms with van der Waals surface area (Å²) >= 11 is 0. The Bertz CT molecular complexity index is 3080. The Kier molecular flexibility index (Phi) is 71.7. The first-order valence-electron chi connectivity index (χ1n) is 44.8. The number of hydrogen-bond acceptors (Lipinski definition) is 37. The van der Waals surface area contributed by atoms with Gasteiger partial charge in [0.15, 0.2) is 6.10 Å². The van der Waals surface area contributed by atoms with E-state index in [0.29, 0.717) is 302 Å². The highest BCUT2D eigenvalue weighted by Crippen LogP contribution is 2.28. The normalized spacial score (nSPS) is 16.3. The van der Waals surface area contributed by atoms with Crippen LogP contribution in [0.1, 0.15) is 71.9 Å². The molecule has 3 rings (SSSR count). The number of carbonyl (C=O) groups excluding carboxylic acids is 7. The smallest absolute Gasteiger partial charge is 0.335 e. The fraction of sp³-hybridized carbons (Fsp3) is 0.816. The first-order chi connectivity index (χ1) is 63.1. The maximum Gasteiger partial charge on any atom is 0.335 e. The predicted octanol–water partition coefficient (Wildman–Crippen LogP) is -0.211. The minimum Gasteiger partial charge on any atom is -0.479 e. The third kappa shape index (κ3) is 59.5. The number of nitrogens with one attached hydrogen (secondary N) is 3. The quantitative estimate of drug-likeness (QED) is 0.0252. The molecule has 2 aliphatic rings. The molecular weight excluding hydrogens is 1720 g/mol. The van der Waals surface area contributed by atoms with Crippen molar-refractivity contribution in [3.63, 3.8) is 0 Å². The molecule has 7 atom stereocenters. The van der Waals surface area contributed by atoms with Gasteiger partial charge in [0.1, 0.15) is 43.5 Å². The molecule has 43 nitrogen and oxygen atoms in total. The maximum absolute atomic E-state index is 13.7. The minimum atomic E-state index is -1.89. The Labute approximate surface area is 764 Å². The lowest BCUT2D eigenvalue weighted by atomic mass is 9.90. The summed E-state index contributed by atoms with van der Waals surface area (Å²) in [6.07, 6.45) is -6.11. The average molecular weight is 1880 g/mol. The largest absolute Gasteiger partial charge is 0.479 e. The monoisotopic (exact) mass is 1870 g/mol. The van der Waals surface area contributed by atoms with E-state index in [1.54, 1.807) is 53.0 Å². The van der Waals surface area contributed by atoms with E-state index >= 15 is 0 Å². The van der Waals surface area contributed by atoms with Crippen molar-refractivity contribution in [1.82, 2.24) is 20.4 Å². The van der Waals surface area contributed by atoms with Crippen molar-refractivity contribution in [3.05, 3.63) is 41.5 Å². The molecule has 0 radical (unpaired) electrons. The number of anilines is 1. The molecule has 1 aromatic rings. The predicted molar refractivity (Wildman–Crippen MR) is 464 cm³/mol. The van der Waals surface area contributed by atoms with Gasteiger partial charge >= 0.3 is 11.9 Å². The number of methoxy groups -OCH3 is 1. The van der Waals surface area contributed by atoms with Crippen molar-refractivity contribution < 1.29 is 182 Å². The summed E-state index contributed by atoms with van der Waals surface area (Å²) in [6, 6.07) is 2.40. The Morgan fingerprint density at radius 3 is 1.08 bits per heavy atom. The number of aliphatic hydroxyl groups is 3. The van der Waals surface area contributed by atoms with Gasteiger partial charge < -0.3 is 164 Å². The van der Waals surface area contributed by atoms with E-state index in [9.17, 15) is 58.8 Å². The van der Waals surface area contributed by atoms with Crippen LogP contribution in [0, 0.1) is 11.3 Å². The maximum atomic E-state index is 13.7. The van der Waals surface area contributed by atoms with Gasteiger partial charge in [-0.05, 0) is 69.2 Å². The van der Waals surface area contributed by atoms with Crippen molar-refractivity contribution in [2.24, 2.45) is 11.3 Å². The first kappa shape index (κ1) is 118. The van der Waals surface area contributed by atoms with Crippen molar-refractivity contribution in [3.8, 4) is 0 Å². The number of carboxylic acids is 1. The van der Waals surface area contributed by atoms with Crippen molar-refractivity contribution in [1.29, 1.82) is 0 Å². The number of aryl methyl sites for hydroxylation is 1. The number of nitrogens with zero attached hydrogens (tertiary/aromatic N) is 2. The molecule has 43 heteroatoms. The summed E-state index contributed by atoms with van der Waals surface area (Å²) in [6.45, 7) is 29.3. The van der Waals surface area contributed by atoms with Gasteiger partial charge in [-0.15, -0.1) is 0 Å². The lowest BCUT2D eigenvalue weighted by molar-refractivity contribution is -0.228. The lowest BCUT2D eigenvalue weighted by Crippen LogP contribution is -2.59. The fourth-order valence-electron chi connectivity index (χ4n) is 11.3. The van der Waals surface area contributed by atoms with Crippen LogP contribution in [0.2, 0.25) is 0 Å². The number of hydrogen-bond donors (Lipinski definition) is 7. The van der Waals surface area contributed by atoms with Gasteiger partial charge in [-0.3, -0.25) is 38.5 Å².